The molecule has 2 atom stereocenters. The van der Waals surface area contributed by atoms with Crippen LogP contribution in [-0.4, -0.2) is 50.7 Å². The minimum Gasteiger partial charge on any atom is -0.355 e. The van der Waals surface area contributed by atoms with Crippen molar-refractivity contribution in [1.29, 1.82) is 0 Å². The minimum atomic E-state index is 0.679. The van der Waals surface area contributed by atoms with E-state index in [1.165, 1.54) is 32.2 Å². The summed E-state index contributed by atoms with van der Waals surface area (Å²) in [5, 5.41) is 15.4. The molecule has 0 bridgehead atoms. The number of hydrogen-bond acceptors (Lipinski definition) is 6. The highest BCUT2D eigenvalue weighted by Gasteiger charge is 2.30. The Hall–Kier alpha value is -1.76. The van der Waals surface area contributed by atoms with Gasteiger partial charge in [0.25, 0.3) is 0 Å². The molecule has 4 heterocycles. The lowest BCUT2D eigenvalue weighted by Gasteiger charge is -2.36. The van der Waals surface area contributed by atoms with E-state index in [4.69, 9.17) is 0 Å². The van der Waals surface area contributed by atoms with E-state index in [-0.39, 0.29) is 0 Å². The van der Waals surface area contributed by atoms with E-state index in [2.05, 4.69) is 30.7 Å². The summed E-state index contributed by atoms with van der Waals surface area (Å²) in [5.74, 6) is 1.73. The van der Waals surface area contributed by atoms with Crippen LogP contribution in [-0.2, 0) is 0 Å². The molecule has 2 saturated heterocycles. The van der Waals surface area contributed by atoms with E-state index in [1.807, 2.05) is 6.20 Å². The Morgan fingerprint density at radius 2 is 2.20 bits per heavy atom. The van der Waals surface area contributed by atoms with Gasteiger partial charge in [0, 0.05) is 19.1 Å². The third-order valence-corrected chi connectivity index (χ3v) is 4.54. The number of nitrogens with zero attached hydrogens (tertiary/aromatic N) is 6. The molecule has 0 amide bonds. The molecule has 0 aliphatic carbocycles. The fraction of sp³-hybridized carbons (Fsp3) is 0.692. The van der Waals surface area contributed by atoms with Gasteiger partial charge < -0.3 is 10.2 Å². The summed E-state index contributed by atoms with van der Waals surface area (Å²) < 4.78 is 1.79. The van der Waals surface area contributed by atoms with Crippen molar-refractivity contribution in [3.63, 3.8) is 0 Å². The van der Waals surface area contributed by atoms with Crippen molar-refractivity contribution in [2.24, 2.45) is 5.92 Å². The van der Waals surface area contributed by atoms with Crippen LogP contribution in [0.3, 0.4) is 0 Å². The van der Waals surface area contributed by atoms with Gasteiger partial charge in [0.05, 0.1) is 12.4 Å². The summed E-state index contributed by atoms with van der Waals surface area (Å²) in [6.07, 6.45) is 8.73. The molecule has 2 fully saturated rings. The molecule has 0 aromatic carbocycles. The summed E-state index contributed by atoms with van der Waals surface area (Å²) in [6.45, 7) is 3.30. The molecule has 7 heteroatoms. The number of aromatic nitrogens is 5. The Labute approximate surface area is 117 Å². The maximum absolute atomic E-state index is 4.26. The molecule has 2 unspecified atom stereocenters. The van der Waals surface area contributed by atoms with Crippen molar-refractivity contribution in [2.75, 3.05) is 24.5 Å². The van der Waals surface area contributed by atoms with Crippen molar-refractivity contribution < 1.29 is 0 Å². The van der Waals surface area contributed by atoms with E-state index in [9.17, 15) is 0 Å². The molecule has 0 spiro atoms. The molecule has 2 aliphatic heterocycles. The van der Waals surface area contributed by atoms with Gasteiger partial charge in [-0.15, -0.1) is 5.10 Å². The largest absolute Gasteiger partial charge is 0.355 e. The van der Waals surface area contributed by atoms with Crippen molar-refractivity contribution >= 4 is 11.5 Å². The Balaban J connectivity index is 1.59. The average molecular weight is 273 g/mol. The van der Waals surface area contributed by atoms with Gasteiger partial charge in [-0.3, -0.25) is 4.98 Å². The lowest BCUT2D eigenvalue weighted by Crippen LogP contribution is -2.44. The SMILES string of the molecule is c1ncc2nnnn2c1N1CCCC(C2CCCN2)C1. The maximum atomic E-state index is 4.26. The smallest absolute Gasteiger partial charge is 0.199 e. The van der Waals surface area contributed by atoms with Crippen LogP contribution in [0, 0.1) is 5.92 Å². The molecule has 2 aliphatic rings. The fourth-order valence-electron chi connectivity index (χ4n) is 3.54. The van der Waals surface area contributed by atoms with Gasteiger partial charge in [0.1, 0.15) is 0 Å². The summed E-state index contributed by atoms with van der Waals surface area (Å²) in [7, 11) is 0. The van der Waals surface area contributed by atoms with Crippen molar-refractivity contribution in [3.8, 4) is 0 Å². The van der Waals surface area contributed by atoms with Crippen LogP contribution < -0.4 is 10.2 Å². The predicted molar refractivity (Wildman–Crippen MR) is 74.5 cm³/mol. The molecular weight excluding hydrogens is 254 g/mol. The van der Waals surface area contributed by atoms with Crippen LogP contribution in [0.25, 0.3) is 5.65 Å². The van der Waals surface area contributed by atoms with E-state index < -0.39 is 0 Å². The maximum Gasteiger partial charge on any atom is 0.199 e. The summed E-state index contributed by atoms with van der Waals surface area (Å²) in [5.41, 5.74) is 0.712. The quantitative estimate of drug-likeness (QED) is 0.858. The Morgan fingerprint density at radius 3 is 3.10 bits per heavy atom. The second-order valence-electron chi connectivity index (χ2n) is 5.77. The van der Waals surface area contributed by atoms with Gasteiger partial charge in [-0.05, 0) is 48.6 Å². The molecule has 20 heavy (non-hydrogen) atoms. The number of tetrazole rings is 1. The topological polar surface area (TPSA) is 71.2 Å². The Morgan fingerprint density at radius 1 is 1.20 bits per heavy atom. The van der Waals surface area contributed by atoms with Gasteiger partial charge in [-0.1, -0.05) is 0 Å². The first kappa shape index (κ1) is 12.0. The lowest BCUT2D eigenvalue weighted by molar-refractivity contribution is 0.327. The highest BCUT2D eigenvalue weighted by molar-refractivity contribution is 5.46. The van der Waals surface area contributed by atoms with Crippen molar-refractivity contribution in [1.82, 2.24) is 30.3 Å². The Kier molecular flexibility index (Phi) is 2.99. The van der Waals surface area contributed by atoms with Gasteiger partial charge in [0.15, 0.2) is 11.5 Å². The third-order valence-electron chi connectivity index (χ3n) is 4.54. The monoisotopic (exact) mass is 273 g/mol. The number of hydrogen-bond donors (Lipinski definition) is 1. The van der Waals surface area contributed by atoms with E-state index >= 15 is 0 Å². The number of fused-ring (bicyclic) bond motifs is 1. The highest BCUT2D eigenvalue weighted by Crippen LogP contribution is 2.27. The average Bonchev–Trinajstić information content (AvgIpc) is 3.18. The number of rotatable bonds is 2. The van der Waals surface area contributed by atoms with Crippen LogP contribution in [0.4, 0.5) is 5.82 Å². The van der Waals surface area contributed by atoms with Crippen LogP contribution in [0.1, 0.15) is 25.7 Å². The van der Waals surface area contributed by atoms with Crippen LogP contribution in [0.5, 0.6) is 0 Å². The van der Waals surface area contributed by atoms with E-state index in [1.54, 1.807) is 10.7 Å². The predicted octanol–water partition coefficient (Wildman–Crippen LogP) is 0.488. The molecule has 7 nitrogen and oxygen atoms in total. The van der Waals surface area contributed by atoms with Gasteiger partial charge in [-0.2, -0.15) is 4.52 Å². The number of anilines is 1. The summed E-state index contributed by atoms with van der Waals surface area (Å²) >= 11 is 0. The second kappa shape index (κ2) is 4.97. The van der Waals surface area contributed by atoms with Gasteiger partial charge in [-0.25, -0.2) is 0 Å². The molecule has 4 rings (SSSR count). The molecule has 0 saturated carbocycles. The summed E-state index contributed by atoms with van der Waals surface area (Å²) in [4.78, 5) is 6.64. The molecule has 0 radical (unpaired) electrons. The zero-order valence-electron chi connectivity index (χ0n) is 11.4. The first-order valence-electron chi connectivity index (χ1n) is 7.42. The van der Waals surface area contributed by atoms with Gasteiger partial charge >= 0.3 is 0 Å². The standard InChI is InChI=1S/C13H19N7/c1-4-11(15-5-1)10-3-2-6-19(9-10)13-8-14-7-12-16-17-18-20(12)13/h7-8,10-11,15H,1-6,9H2. The van der Waals surface area contributed by atoms with E-state index in [0.717, 1.165) is 24.8 Å². The fourth-order valence-corrected chi connectivity index (χ4v) is 3.54. The molecule has 2 aromatic rings. The molecular formula is C13H19N7. The lowest BCUT2D eigenvalue weighted by atomic mass is 9.90. The first-order valence-corrected chi connectivity index (χ1v) is 7.42. The molecule has 106 valence electrons. The summed E-state index contributed by atoms with van der Waals surface area (Å²) in [6, 6.07) is 0.679. The Bertz CT molecular complexity index is 589. The van der Waals surface area contributed by atoms with E-state index in [0.29, 0.717) is 11.7 Å². The van der Waals surface area contributed by atoms with Gasteiger partial charge in [0.2, 0.25) is 0 Å². The number of piperidine rings is 1. The minimum absolute atomic E-state index is 0.679. The van der Waals surface area contributed by atoms with Crippen LogP contribution >= 0.6 is 0 Å². The molecule has 1 N–H and O–H groups in total. The van der Waals surface area contributed by atoms with Crippen molar-refractivity contribution in [2.45, 2.75) is 31.7 Å². The normalized spacial score (nSPS) is 27.3. The van der Waals surface area contributed by atoms with Crippen LogP contribution in [0.15, 0.2) is 12.4 Å². The zero-order valence-corrected chi connectivity index (χ0v) is 11.4. The second-order valence-corrected chi connectivity index (χ2v) is 5.77. The first-order chi connectivity index (χ1) is 9.92. The molecule has 2 aromatic heterocycles. The van der Waals surface area contributed by atoms with Crippen molar-refractivity contribution in [3.05, 3.63) is 12.4 Å². The third kappa shape index (κ3) is 2.02. The van der Waals surface area contributed by atoms with Crippen LogP contribution in [0.2, 0.25) is 0 Å². The highest BCUT2D eigenvalue weighted by atomic mass is 15.5. The zero-order chi connectivity index (χ0) is 13.4. The number of nitrogens with one attached hydrogen (secondary N) is 1.